The third-order valence-corrected chi connectivity index (χ3v) is 2.37. The summed E-state index contributed by atoms with van der Waals surface area (Å²) in [5.74, 6) is -1.19. The molecule has 1 amide bonds. The number of carbonyl (C=O) groups is 2. The standard InChI is InChI=1S/C10H20N2O3/c1-4-7(6-11)5-8(13)12-10(2,3)9(14)15/h7H,4-6,11H2,1-3H3,(H,12,13)(H,14,15). The third kappa shape index (κ3) is 4.78. The number of rotatable bonds is 6. The monoisotopic (exact) mass is 216 g/mol. The topological polar surface area (TPSA) is 92.4 Å². The van der Waals surface area contributed by atoms with Gasteiger partial charge in [0.05, 0.1) is 0 Å². The van der Waals surface area contributed by atoms with E-state index >= 15 is 0 Å². The lowest BCUT2D eigenvalue weighted by atomic mass is 10.0. The first-order chi connectivity index (χ1) is 6.83. The molecule has 5 heteroatoms. The summed E-state index contributed by atoms with van der Waals surface area (Å²) in [6.45, 7) is 5.30. The second-order valence-electron chi connectivity index (χ2n) is 4.19. The molecule has 0 saturated heterocycles. The lowest BCUT2D eigenvalue weighted by Crippen LogP contribution is -2.50. The van der Waals surface area contributed by atoms with E-state index in [0.717, 1.165) is 6.42 Å². The van der Waals surface area contributed by atoms with Crippen molar-refractivity contribution in [2.24, 2.45) is 11.7 Å². The van der Waals surface area contributed by atoms with Crippen LogP contribution in [-0.2, 0) is 9.59 Å². The minimum absolute atomic E-state index is 0.120. The molecular weight excluding hydrogens is 196 g/mol. The zero-order chi connectivity index (χ0) is 12.1. The minimum Gasteiger partial charge on any atom is -0.480 e. The summed E-state index contributed by atoms with van der Waals surface area (Å²) >= 11 is 0. The van der Waals surface area contributed by atoms with E-state index in [1.165, 1.54) is 13.8 Å². The average molecular weight is 216 g/mol. The maximum Gasteiger partial charge on any atom is 0.328 e. The predicted octanol–water partition coefficient (Wildman–Crippen LogP) is 0.341. The first-order valence-corrected chi connectivity index (χ1v) is 5.08. The van der Waals surface area contributed by atoms with Gasteiger partial charge in [-0.2, -0.15) is 0 Å². The molecule has 88 valence electrons. The largest absolute Gasteiger partial charge is 0.480 e. The van der Waals surface area contributed by atoms with Gasteiger partial charge in [0.25, 0.3) is 0 Å². The molecule has 0 spiro atoms. The quantitative estimate of drug-likeness (QED) is 0.597. The molecule has 0 aromatic heterocycles. The molecule has 0 bridgehead atoms. The summed E-state index contributed by atoms with van der Waals surface area (Å²) < 4.78 is 0. The summed E-state index contributed by atoms with van der Waals surface area (Å²) in [5, 5.41) is 11.3. The van der Waals surface area contributed by atoms with Crippen molar-refractivity contribution < 1.29 is 14.7 Å². The number of nitrogens with one attached hydrogen (secondary N) is 1. The molecule has 0 saturated carbocycles. The second-order valence-corrected chi connectivity index (χ2v) is 4.19. The van der Waals surface area contributed by atoms with Gasteiger partial charge in [-0.3, -0.25) is 4.79 Å². The number of nitrogens with two attached hydrogens (primary N) is 1. The van der Waals surface area contributed by atoms with Crippen molar-refractivity contribution in [1.29, 1.82) is 0 Å². The van der Waals surface area contributed by atoms with E-state index in [0.29, 0.717) is 6.54 Å². The van der Waals surface area contributed by atoms with Crippen molar-refractivity contribution in [3.63, 3.8) is 0 Å². The highest BCUT2D eigenvalue weighted by Gasteiger charge is 2.29. The number of carboxylic acid groups (broad SMARTS) is 1. The zero-order valence-corrected chi connectivity index (χ0v) is 9.54. The first-order valence-electron chi connectivity index (χ1n) is 5.08. The van der Waals surface area contributed by atoms with Crippen LogP contribution in [0.25, 0.3) is 0 Å². The normalized spacial score (nSPS) is 13.3. The maximum absolute atomic E-state index is 11.5. The Kier molecular flexibility index (Phi) is 5.28. The molecule has 0 aliphatic carbocycles. The Morgan fingerprint density at radius 2 is 2.00 bits per heavy atom. The van der Waals surface area contributed by atoms with Crippen LogP contribution in [0.3, 0.4) is 0 Å². The summed E-state index contributed by atoms with van der Waals surface area (Å²) in [6.07, 6.45) is 1.10. The van der Waals surface area contributed by atoms with Gasteiger partial charge >= 0.3 is 5.97 Å². The molecule has 0 heterocycles. The lowest BCUT2D eigenvalue weighted by molar-refractivity contribution is -0.146. The Balaban J connectivity index is 4.20. The lowest BCUT2D eigenvalue weighted by Gasteiger charge is -2.22. The Morgan fingerprint density at radius 1 is 1.47 bits per heavy atom. The van der Waals surface area contributed by atoms with Crippen molar-refractivity contribution >= 4 is 11.9 Å². The molecule has 5 nitrogen and oxygen atoms in total. The summed E-state index contributed by atoms with van der Waals surface area (Å²) in [7, 11) is 0. The summed E-state index contributed by atoms with van der Waals surface area (Å²) in [5.41, 5.74) is 4.24. The Hall–Kier alpha value is -1.10. The van der Waals surface area contributed by atoms with E-state index < -0.39 is 11.5 Å². The van der Waals surface area contributed by atoms with Crippen LogP contribution in [0.15, 0.2) is 0 Å². The number of carbonyl (C=O) groups excluding carboxylic acids is 1. The highest BCUT2D eigenvalue weighted by atomic mass is 16.4. The number of hydrogen-bond acceptors (Lipinski definition) is 3. The summed E-state index contributed by atoms with van der Waals surface area (Å²) in [6, 6.07) is 0. The zero-order valence-electron chi connectivity index (χ0n) is 9.54. The van der Waals surface area contributed by atoms with Crippen LogP contribution < -0.4 is 11.1 Å². The molecule has 0 aliphatic rings. The van der Waals surface area contributed by atoms with Gasteiger partial charge in [0.2, 0.25) is 5.91 Å². The third-order valence-electron chi connectivity index (χ3n) is 2.37. The van der Waals surface area contributed by atoms with Crippen molar-refractivity contribution in [2.45, 2.75) is 39.2 Å². The number of amides is 1. The van der Waals surface area contributed by atoms with E-state index in [1.54, 1.807) is 0 Å². The van der Waals surface area contributed by atoms with Crippen LogP contribution in [-0.4, -0.2) is 29.1 Å². The van der Waals surface area contributed by atoms with Gasteiger partial charge in [-0.25, -0.2) is 4.79 Å². The van der Waals surface area contributed by atoms with Crippen LogP contribution in [0, 0.1) is 5.92 Å². The van der Waals surface area contributed by atoms with Crippen LogP contribution in [0.2, 0.25) is 0 Å². The Bertz CT molecular complexity index is 235. The fourth-order valence-electron chi connectivity index (χ4n) is 1.11. The molecule has 1 atom stereocenters. The van der Waals surface area contributed by atoms with Gasteiger partial charge in [0, 0.05) is 6.42 Å². The van der Waals surface area contributed by atoms with E-state index in [1.807, 2.05) is 6.92 Å². The molecule has 0 fully saturated rings. The van der Waals surface area contributed by atoms with E-state index in [-0.39, 0.29) is 18.2 Å². The molecule has 0 aromatic rings. The van der Waals surface area contributed by atoms with E-state index in [4.69, 9.17) is 10.8 Å². The van der Waals surface area contributed by atoms with E-state index in [9.17, 15) is 9.59 Å². The Labute approximate surface area is 90.0 Å². The van der Waals surface area contributed by atoms with Gasteiger partial charge in [0.1, 0.15) is 5.54 Å². The maximum atomic E-state index is 11.5. The van der Waals surface area contributed by atoms with Crippen LogP contribution in [0.1, 0.15) is 33.6 Å². The van der Waals surface area contributed by atoms with Crippen LogP contribution >= 0.6 is 0 Å². The minimum atomic E-state index is -1.22. The molecule has 1 unspecified atom stereocenters. The van der Waals surface area contributed by atoms with Gasteiger partial charge in [-0.15, -0.1) is 0 Å². The van der Waals surface area contributed by atoms with Crippen LogP contribution in [0.5, 0.6) is 0 Å². The molecule has 0 radical (unpaired) electrons. The van der Waals surface area contributed by atoms with Gasteiger partial charge in [0.15, 0.2) is 0 Å². The Morgan fingerprint density at radius 3 is 2.33 bits per heavy atom. The van der Waals surface area contributed by atoms with Crippen molar-refractivity contribution in [3.8, 4) is 0 Å². The smallest absolute Gasteiger partial charge is 0.328 e. The van der Waals surface area contributed by atoms with Crippen molar-refractivity contribution in [2.75, 3.05) is 6.54 Å². The fraction of sp³-hybridized carbons (Fsp3) is 0.800. The molecule has 0 rings (SSSR count). The van der Waals surface area contributed by atoms with Crippen molar-refractivity contribution in [3.05, 3.63) is 0 Å². The number of aliphatic carboxylic acids is 1. The van der Waals surface area contributed by atoms with Gasteiger partial charge in [-0.05, 0) is 26.3 Å². The number of carboxylic acids is 1. The predicted molar refractivity (Wildman–Crippen MR) is 57.3 cm³/mol. The molecule has 4 N–H and O–H groups in total. The SMILES string of the molecule is CCC(CN)CC(=O)NC(C)(C)C(=O)O. The van der Waals surface area contributed by atoms with E-state index in [2.05, 4.69) is 5.32 Å². The van der Waals surface area contributed by atoms with Crippen LogP contribution in [0.4, 0.5) is 0 Å². The summed E-state index contributed by atoms with van der Waals surface area (Å²) in [4.78, 5) is 22.2. The molecule has 0 aliphatic heterocycles. The first kappa shape index (κ1) is 13.9. The fourth-order valence-corrected chi connectivity index (χ4v) is 1.11. The molecular formula is C10H20N2O3. The second kappa shape index (κ2) is 5.70. The molecule has 15 heavy (non-hydrogen) atoms. The number of hydrogen-bond donors (Lipinski definition) is 3. The highest BCUT2D eigenvalue weighted by molar-refractivity contribution is 5.86. The van der Waals surface area contributed by atoms with Gasteiger partial charge < -0.3 is 16.2 Å². The molecule has 0 aromatic carbocycles. The highest BCUT2D eigenvalue weighted by Crippen LogP contribution is 2.08. The van der Waals surface area contributed by atoms with Gasteiger partial charge in [-0.1, -0.05) is 13.3 Å². The van der Waals surface area contributed by atoms with Crippen molar-refractivity contribution in [1.82, 2.24) is 5.32 Å². The average Bonchev–Trinajstić information content (AvgIpc) is 2.13.